The number of hydrogen-bond acceptors (Lipinski definition) is 2. The van der Waals surface area contributed by atoms with Crippen LogP contribution in [0.1, 0.15) is 81.0 Å². The Bertz CT molecular complexity index is 1270. The molecule has 4 aromatic carbocycles. The predicted molar refractivity (Wildman–Crippen MR) is 180 cm³/mol. The van der Waals surface area contributed by atoms with E-state index in [1.54, 1.807) is 0 Å². The Balaban J connectivity index is 0.00000529. The molecule has 6 heteroatoms. The number of aromatic carboxylic acids is 1. The van der Waals surface area contributed by atoms with Crippen LogP contribution < -0.4 is 37.6 Å². The molecule has 44 heavy (non-hydrogen) atoms. The van der Waals surface area contributed by atoms with Crippen molar-refractivity contribution < 1.29 is 36.0 Å². The summed E-state index contributed by atoms with van der Waals surface area (Å²) < 4.78 is 19.3. The van der Waals surface area contributed by atoms with Gasteiger partial charge in [0.15, 0.2) is 0 Å². The largest absolute Gasteiger partial charge is 1.00 e. The van der Waals surface area contributed by atoms with E-state index in [2.05, 4.69) is 91.0 Å². The van der Waals surface area contributed by atoms with Crippen LogP contribution in [-0.2, 0) is 0 Å². The van der Waals surface area contributed by atoms with Crippen LogP contribution in [0.4, 0.5) is 4.39 Å². The summed E-state index contributed by atoms with van der Waals surface area (Å²) in [4.78, 5) is 10.9. The number of hydrogen-bond donors (Lipinski definition) is 1. The van der Waals surface area contributed by atoms with Crippen molar-refractivity contribution in [3.05, 3.63) is 121 Å². The first-order valence-corrected chi connectivity index (χ1v) is 17.8. The first-order chi connectivity index (χ1) is 21.1. The summed E-state index contributed by atoms with van der Waals surface area (Å²) >= 11 is 0. The lowest BCUT2D eigenvalue weighted by atomic mass is 10.1. The fraction of sp³-hybridized carbons (Fsp3) is 0.342. The molecule has 0 amide bonds. The van der Waals surface area contributed by atoms with Crippen molar-refractivity contribution >= 4 is 29.1 Å². The van der Waals surface area contributed by atoms with E-state index in [0.717, 1.165) is 18.9 Å². The van der Waals surface area contributed by atoms with Gasteiger partial charge >= 0.3 is 5.97 Å². The van der Waals surface area contributed by atoms with Crippen LogP contribution in [0.5, 0.6) is 5.75 Å². The number of carboxylic acids is 1. The normalized spacial score (nSPS) is 11.1. The van der Waals surface area contributed by atoms with Gasteiger partial charge in [0, 0.05) is 6.07 Å². The molecule has 0 heterocycles. The average molecular weight is 680 g/mol. The molecule has 4 aromatic rings. The number of unbranched alkanes of at least 4 members (excludes halogenated alkanes) is 10. The lowest BCUT2D eigenvalue weighted by molar-refractivity contribution is -0.0000258. The van der Waals surface area contributed by atoms with Crippen LogP contribution in [0.25, 0.3) is 0 Å². The molecule has 234 valence electrons. The van der Waals surface area contributed by atoms with E-state index in [1.807, 2.05) is 0 Å². The third-order valence-corrected chi connectivity index (χ3v) is 12.7. The SMILES string of the molecule is O=C(O)c1ccc(OCCCCCCCCCCCCC[P+](c2ccccc2)(c2ccccc2)c2ccccc2)cc1F.[Br-]. The number of ether oxygens (including phenoxy) is 1. The number of carboxylic acid groups (broad SMARTS) is 1. The molecule has 0 saturated carbocycles. The summed E-state index contributed by atoms with van der Waals surface area (Å²) in [6.45, 7) is 0.522. The number of carbonyl (C=O) groups is 1. The summed E-state index contributed by atoms with van der Waals surface area (Å²) in [5.74, 6) is -1.64. The van der Waals surface area contributed by atoms with Crippen LogP contribution in [0.2, 0.25) is 0 Å². The first kappa shape index (κ1) is 35.5. The topological polar surface area (TPSA) is 46.5 Å². The number of halogens is 2. The highest BCUT2D eigenvalue weighted by Gasteiger charge is 2.44. The van der Waals surface area contributed by atoms with Gasteiger partial charge < -0.3 is 26.8 Å². The maximum atomic E-state index is 13.7. The molecule has 3 nitrogen and oxygen atoms in total. The molecule has 0 unspecified atom stereocenters. The van der Waals surface area contributed by atoms with Crippen molar-refractivity contribution in [3.8, 4) is 5.75 Å². The van der Waals surface area contributed by atoms with E-state index >= 15 is 0 Å². The standard InChI is InChI=1S/C38H44FO3P.BrH/c39-37-31-32(27-28-36(37)38(40)41)42-29-19-8-6-4-2-1-3-5-7-9-20-30-43(33-21-13-10-14-22-33,34-23-15-11-16-24-34)35-25-17-12-18-26-35;/h10-18,21-28,31H,1-9,19-20,29-30H2;1H. The highest BCUT2D eigenvalue weighted by atomic mass is 79.9. The van der Waals surface area contributed by atoms with Crippen LogP contribution in [0.3, 0.4) is 0 Å². The Morgan fingerprint density at radius 2 is 1.00 bits per heavy atom. The molecule has 4 rings (SSSR count). The molecular formula is C38H45BrFO3P. The second-order valence-electron chi connectivity index (χ2n) is 11.2. The quantitative estimate of drug-likeness (QED) is 0.0951. The smallest absolute Gasteiger partial charge is 0.338 e. The third kappa shape index (κ3) is 10.3. The summed E-state index contributed by atoms with van der Waals surface area (Å²) in [6, 6.07) is 37.5. The fourth-order valence-electron chi connectivity index (χ4n) is 5.87. The van der Waals surface area contributed by atoms with Gasteiger partial charge in [-0.2, -0.15) is 0 Å². The highest BCUT2D eigenvalue weighted by Crippen LogP contribution is 2.56. The minimum Gasteiger partial charge on any atom is -1.00 e. The van der Waals surface area contributed by atoms with E-state index in [0.29, 0.717) is 12.4 Å². The monoisotopic (exact) mass is 678 g/mol. The van der Waals surface area contributed by atoms with Gasteiger partial charge in [-0.25, -0.2) is 9.18 Å². The minimum atomic E-state index is -1.71. The zero-order valence-electron chi connectivity index (χ0n) is 25.6. The Morgan fingerprint density at radius 1 is 0.591 bits per heavy atom. The minimum absolute atomic E-state index is 0. The van der Waals surface area contributed by atoms with E-state index in [1.165, 1.54) is 92.0 Å². The highest BCUT2D eigenvalue weighted by molar-refractivity contribution is 7.95. The Kier molecular flexibility index (Phi) is 15.6. The Labute approximate surface area is 274 Å². The molecule has 0 aliphatic rings. The predicted octanol–water partition coefficient (Wildman–Crippen LogP) is 6.19. The van der Waals surface area contributed by atoms with Crippen molar-refractivity contribution in [3.63, 3.8) is 0 Å². The molecule has 0 aliphatic heterocycles. The van der Waals surface area contributed by atoms with Crippen LogP contribution in [0, 0.1) is 5.82 Å². The molecule has 0 spiro atoms. The zero-order chi connectivity index (χ0) is 30.2. The molecule has 0 aliphatic carbocycles. The van der Waals surface area contributed by atoms with Crippen molar-refractivity contribution in [2.24, 2.45) is 0 Å². The molecule has 0 bridgehead atoms. The maximum absolute atomic E-state index is 13.7. The molecule has 1 N–H and O–H groups in total. The summed E-state index contributed by atoms with van der Waals surface area (Å²) in [7, 11) is -1.71. The molecule has 0 aromatic heterocycles. The first-order valence-electron chi connectivity index (χ1n) is 15.8. The second kappa shape index (κ2) is 19.4. The third-order valence-electron chi connectivity index (χ3n) is 8.17. The van der Waals surface area contributed by atoms with Crippen LogP contribution in [0.15, 0.2) is 109 Å². The Hall–Kier alpha value is -3.01. The number of rotatable bonds is 19. The van der Waals surface area contributed by atoms with Gasteiger partial charge in [0.05, 0.1) is 18.3 Å². The lowest BCUT2D eigenvalue weighted by Crippen LogP contribution is -3.00. The van der Waals surface area contributed by atoms with Gasteiger partial charge in [0.2, 0.25) is 0 Å². The zero-order valence-corrected chi connectivity index (χ0v) is 28.0. The Morgan fingerprint density at radius 3 is 1.41 bits per heavy atom. The van der Waals surface area contributed by atoms with E-state index in [9.17, 15) is 9.18 Å². The summed E-state index contributed by atoms with van der Waals surface area (Å²) in [6.07, 6.45) is 14.6. The van der Waals surface area contributed by atoms with E-state index < -0.39 is 19.0 Å². The van der Waals surface area contributed by atoms with Crippen molar-refractivity contribution in [1.29, 1.82) is 0 Å². The molecular weight excluding hydrogens is 634 g/mol. The van der Waals surface area contributed by atoms with Crippen LogP contribution >= 0.6 is 7.26 Å². The van der Waals surface area contributed by atoms with Gasteiger partial charge in [-0.1, -0.05) is 106 Å². The van der Waals surface area contributed by atoms with E-state index in [4.69, 9.17) is 9.84 Å². The molecule has 0 fully saturated rings. The van der Waals surface area contributed by atoms with Gasteiger partial charge in [-0.3, -0.25) is 0 Å². The van der Waals surface area contributed by atoms with Crippen LogP contribution in [-0.4, -0.2) is 23.8 Å². The summed E-state index contributed by atoms with van der Waals surface area (Å²) in [5.41, 5.74) is -0.329. The maximum Gasteiger partial charge on any atom is 0.338 e. The fourth-order valence-corrected chi connectivity index (χ4v) is 10.3. The van der Waals surface area contributed by atoms with Crippen molar-refractivity contribution in [2.75, 3.05) is 12.8 Å². The molecule has 0 saturated heterocycles. The van der Waals surface area contributed by atoms with Crippen molar-refractivity contribution in [1.82, 2.24) is 0 Å². The molecule has 0 radical (unpaired) electrons. The van der Waals surface area contributed by atoms with Crippen molar-refractivity contribution in [2.45, 2.75) is 70.6 Å². The van der Waals surface area contributed by atoms with Gasteiger partial charge in [0.1, 0.15) is 34.7 Å². The lowest BCUT2D eigenvalue weighted by Gasteiger charge is -2.27. The van der Waals surface area contributed by atoms with E-state index in [-0.39, 0.29) is 22.5 Å². The van der Waals surface area contributed by atoms with Gasteiger partial charge in [0.25, 0.3) is 0 Å². The average Bonchev–Trinajstić information content (AvgIpc) is 3.04. The summed E-state index contributed by atoms with van der Waals surface area (Å²) in [5, 5.41) is 13.3. The molecule has 0 atom stereocenters. The second-order valence-corrected chi connectivity index (χ2v) is 14.8. The van der Waals surface area contributed by atoms with Gasteiger partial charge in [-0.05, 0) is 67.8 Å². The van der Waals surface area contributed by atoms with Gasteiger partial charge in [-0.15, -0.1) is 0 Å². The number of benzene rings is 4.